The third-order valence-corrected chi connectivity index (χ3v) is 4.02. The third kappa shape index (κ3) is 3.45. The lowest BCUT2D eigenvalue weighted by atomic mass is 9.98. The maximum absolute atomic E-state index is 12.8. The number of carbonyl (C=O) groups excluding carboxylic acids is 1. The highest BCUT2D eigenvalue weighted by Gasteiger charge is 2.26. The maximum Gasteiger partial charge on any atom is 0.235 e. The SMILES string of the molecule is Cc1cccc(NC(=O)[C@H](Cc2cccnc2)c2nn[nH]n2)c1C. The van der Waals surface area contributed by atoms with Gasteiger partial charge >= 0.3 is 0 Å². The first kappa shape index (κ1) is 15.8. The lowest BCUT2D eigenvalue weighted by molar-refractivity contribution is -0.117. The number of H-pyrrole nitrogens is 1. The van der Waals surface area contributed by atoms with Gasteiger partial charge < -0.3 is 5.32 Å². The Morgan fingerprint density at radius 1 is 1.25 bits per heavy atom. The summed E-state index contributed by atoms with van der Waals surface area (Å²) in [5.41, 5.74) is 3.89. The van der Waals surface area contributed by atoms with Crippen LogP contribution in [0.25, 0.3) is 0 Å². The van der Waals surface area contributed by atoms with Gasteiger partial charge in [-0.2, -0.15) is 5.21 Å². The van der Waals surface area contributed by atoms with E-state index in [0.29, 0.717) is 12.2 Å². The maximum atomic E-state index is 12.8. The molecule has 0 aliphatic rings. The Morgan fingerprint density at radius 3 is 2.83 bits per heavy atom. The lowest BCUT2D eigenvalue weighted by Gasteiger charge is -2.15. The van der Waals surface area contributed by atoms with Crippen LogP contribution in [0.15, 0.2) is 42.7 Å². The number of aromatic amines is 1. The van der Waals surface area contributed by atoms with E-state index in [0.717, 1.165) is 22.4 Å². The number of rotatable bonds is 5. The molecule has 24 heavy (non-hydrogen) atoms. The van der Waals surface area contributed by atoms with Crippen LogP contribution in [0.3, 0.4) is 0 Å². The van der Waals surface area contributed by atoms with Crippen LogP contribution in [0.2, 0.25) is 0 Å². The number of benzene rings is 1. The van der Waals surface area contributed by atoms with Crippen LogP contribution >= 0.6 is 0 Å². The van der Waals surface area contributed by atoms with E-state index in [1.807, 2.05) is 44.2 Å². The predicted octanol–water partition coefficient (Wildman–Crippen LogP) is 2.18. The van der Waals surface area contributed by atoms with Gasteiger partial charge in [0.2, 0.25) is 5.91 Å². The van der Waals surface area contributed by atoms with Crippen LogP contribution < -0.4 is 5.32 Å². The highest BCUT2D eigenvalue weighted by atomic mass is 16.1. The molecule has 0 saturated carbocycles. The average Bonchev–Trinajstić information content (AvgIpc) is 3.12. The smallest absolute Gasteiger partial charge is 0.235 e. The Balaban J connectivity index is 1.85. The van der Waals surface area contributed by atoms with E-state index < -0.39 is 5.92 Å². The minimum absolute atomic E-state index is 0.172. The standard InChI is InChI=1S/C17H18N6O/c1-11-5-3-7-15(12(11)2)19-17(24)14(16-20-22-23-21-16)9-13-6-4-8-18-10-13/h3-8,10,14H,9H2,1-2H3,(H,19,24)(H,20,21,22,23)/t14-/m1/s1. The van der Waals surface area contributed by atoms with E-state index in [9.17, 15) is 4.79 Å². The molecule has 1 aromatic carbocycles. The molecule has 2 heterocycles. The summed E-state index contributed by atoms with van der Waals surface area (Å²) in [5, 5.41) is 16.9. The minimum Gasteiger partial charge on any atom is -0.325 e. The van der Waals surface area contributed by atoms with Gasteiger partial charge in [-0.1, -0.05) is 23.4 Å². The topological polar surface area (TPSA) is 96.5 Å². The monoisotopic (exact) mass is 322 g/mol. The summed E-state index contributed by atoms with van der Waals surface area (Å²) in [4.78, 5) is 16.9. The van der Waals surface area contributed by atoms with E-state index in [1.165, 1.54) is 0 Å². The normalized spacial score (nSPS) is 11.9. The molecule has 122 valence electrons. The van der Waals surface area contributed by atoms with Crippen LogP contribution in [0.4, 0.5) is 5.69 Å². The Hall–Kier alpha value is -3.09. The number of anilines is 1. The Labute approximate surface area is 139 Å². The van der Waals surface area contributed by atoms with E-state index in [1.54, 1.807) is 12.4 Å². The lowest BCUT2D eigenvalue weighted by Crippen LogP contribution is -2.24. The number of hydrogen-bond donors (Lipinski definition) is 2. The van der Waals surface area contributed by atoms with Crippen LogP contribution in [0, 0.1) is 13.8 Å². The third-order valence-electron chi connectivity index (χ3n) is 4.02. The molecule has 3 rings (SSSR count). The van der Waals surface area contributed by atoms with Crippen LogP contribution in [-0.2, 0) is 11.2 Å². The zero-order chi connectivity index (χ0) is 16.9. The van der Waals surface area contributed by atoms with Crippen molar-refractivity contribution in [2.45, 2.75) is 26.2 Å². The Bertz CT molecular complexity index is 816. The quantitative estimate of drug-likeness (QED) is 0.750. The fourth-order valence-electron chi connectivity index (χ4n) is 2.48. The van der Waals surface area contributed by atoms with Crippen LogP contribution in [-0.4, -0.2) is 31.5 Å². The molecule has 3 aromatic rings. The summed E-state index contributed by atoms with van der Waals surface area (Å²) >= 11 is 0. The molecule has 0 radical (unpaired) electrons. The molecule has 1 atom stereocenters. The van der Waals surface area contributed by atoms with Crippen LogP contribution in [0.1, 0.15) is 28.4 Å². The number of tetrazole rings is 1. The number of hydrogen-bond acceptors (Lipinski definition) is 5. The molecule has 0 aliphatic heterocycles. The van der Waals surface area contributed by atoms with Crippen molar-refractivity contribution in [2.75, 3.05) is 5.32 Å². The molecule has 7 heteroatoms. The molecule has 0 unspecified atom stereocenters. The highest BCUT2D eigenvalue weighted by Crippen LogP contribution is 2.22. The molecule has 0 aliphatic carbocycles. The average molecular weight is 322 g/mol. The zero-order valence-electron chi connectivity index (χ0n) is 13.5. The van der Waals surface area contributed by atoms with Crippen molar-refractivity contribution < 1.29 is 4.79 Å². The second-order valence-corrected chi connectivity index (χ2v) is 5.62. The molecular formula is C17H18N6O. The van der Waals surface area contributed by atoms with Gasteiger partial charge in [-0.15, -0.1) is 10.2 Å². The molecule has 7 nitrogen and oxygen atoms in total. The van der Waals surface area contributed by atoms with Gasteiger partial charge in [0, 0.05) is 18.1 Å². The first-order valence-electron chi connectivity index (χ1n) is 7.64. The fraction of sp³-hybridized carbons (Fsp3) is 0.235. The molecule has 0 saturated heterocycles. The van der Waals surface area contributed by atoms with Crippen molar-refractivity contribution in [3.05, 3.63) is 65.2 Å². The first-order chi connectivity index (χ1) is 11.6. The molecular weight excluding hydrogens is 304 g/mol. The van der Waals surface area contributed by atoms with E-state index in [4.69, 9.17) is 0 Å². The Morgan fingerprint density at radius 2 is 2.12 bits per heavy atom. The highest BCUT2D eigenvalue weighted by molar-refractivity contribution is 5.96. The van der Waals surface area contributed by atoms with Gasteiger partial charge in [0.1, 0.15) is 5.92 Å². The largest absolute Gasteiger partial charge is 0.325 e. The Kier molecular flexibility index (Phi) is 4.60. The van der Waals surface area contributed by atoms with Crippen molar-refractivity contribution in [2.24, 2.45) is 0 Å². The number of amides is 1. The second kappa shape index (κ2) is 6.99. The van der Waals surface area contributed by atoms with Gasteiger partial charge in [-0.05, 0) is 49.1 Å². The molecule has 2 N–H and O–H groups in total. The van der Waals surface area contributed by atoms with Crippen molar-refractivity contribution in [3.63, 3.8) is 0 Å². The van der Waals surface area contributed by atoms with Gasteiger partial charge in [-0.25, -0.2) is 0 Å². The summed E-state index contributed by atoms with van der Waals surface area (Å²) in [6, 6.07) is 9.58. The van der Waals surface area contributed by atoms with Gasteiger partial charge in [0.15, 0.2) is 5.82 Å². The van der Waals surface area contributed by atoms with Crippen molar-refractivity contribution in [3.8, 4) is 0 Å². The predicted molar refractivity (Wildman–Crippen MR) is 89.4 cm³/mol. The van der Waals surface area contributed by atoms with Gasteiger partial charge in [0.05, 0.1) is 0 Å². The number of carbonyl (C=O) groups is 1. The van der Waals surface area contributed by atoms with Crippen LogP contribution in [0.5, 0.6) is 0 Å². The van der Waals surface area contributed by atoms with E-state index in [2.05, 4.69) is 30.9 Å². The molecule has 0 bridgehead atoms. The van der Waals surface area contributed by atoms with E-state index >= 15 is 0 Å². The first-order valence-corrected chi connectivity index (χ1v) is 7.64. The fourth-order valence-corrected chi connectivity index (χ4v) is 2.48. The second-order valence-electron chi connectivity index (χ2n) is 5.62. The summed E-state index contributed by atoms with van der Waals surface area (Å²) in [6.45, 7) is 3.99. The molecule has 0 fully saturated rings. The number of aryl methyl sites for hydroxylation is 1. The summed E-state index contributed by atoms with van der Waals surface area (Å²) in [5.74, 6) is -0.358. The number of aromatic nitrogens is 5. The number of pyridine rings is 1. The van der Waals surface area contributed by atoms with Gasteiger partial charge in [0.25, 0.3) is 0 Å². The van der Waals surface area contributed by atoms with Crippen molar-refractivity contribution in [1.82, 2.24) is 25.6 Å². The number of nitrogens with one attached hydrogen (secondary N) is 2. The summed E-state index contributed by atoms with van der Waals surface area (Å²) in [6.07, 6.45) is 3.88. The van der Waals surface area contributed by atoms with Gasteiger partial charge in [-0.3, -0.25) is 9.78 Å². The molecule has 0 spiro atoms. The molecule has 1 amide bonds. The number of nitrogens with zero attached hydrogens (tertiary/aromatic N) is 4. The summed E-state index contributed by atoms with van der Waals surface area (Å²) < 4.78 is 0. The van der Waals surface area contributed by atoms with E-state index in [-0.39, 0.29) is 5.91 Å². The zero-order valence-corrected chi connectivity index (χ0v) is 13.5. The van der Waals surface area contributed by atoms with Crippen molar-refractivity contribution >= 4 is 11.6 Å². The minimum atomic E-state index is -0.548. The molecule has 2 aromatic heterocycles. The van der Waals surface area contributed by atoms with Crippen molar-refractivity contribution in [1.29, 1.82) is 0 Å². The summed E-state index contributed by atoms with van der Waals surface area (Å²) in [7, 11) is 0.